The van der Waals surface area contributed by atoms with E-state index in [0.29, 0.717) is 30.2 Å². The van der Waals surface area contributed by atoms with Gasteiger partial charge in [0, 0.05) is 36.0 Å². The zero-order valence-corrected chi connectivity index (χ0v) is 34.9. The summed E-state index contributed by atoms with van der Waals surface area (Å²) in [7, 11) is 2.52. The monoisotopic (exact) mass is 839 g/mol. The zero-order chi connectivity index (χ0) is 43.5. The van der Waals surface area contributed by atoms with Crippen molar-refractivity contribution < 1.29 is 33.8 Å². The summed E-state index contributed by atoms with van der Waals surface area (Å²) in [6, 6.07) is 24.7. The molecular weight excluding hydrogens is 791 g/mol. The van der Waals surface area contributed by atoms with Gasteiger partial charge in [0.25, 0.3) is 5.91 Å². The number of aliphatic hydroxyl groups excluding tert-OH is 1. The SMILES string of the molecule is COC(=O)N[C@H](C(=O)N1C[C@H](O)C[C@H]1c1ncc(-c2ccc(-c3ccc4cc(-c5cnc([C@@H]6CCCN6C(=O)[C@H](NC(=O)OC)c6ccccc6)[nH]5)ccc4n3)cc2)[nH]1)C(C)C. The maximum Gasteiger partial charge on any atom is 0.407 e. The normalized spacial score (nSPS) is 18.5. The molecule has 320 valence electrons. The molecule has 0 radical (unpaired) electrons. The van der Waals surface area contributed by atoms with Gasteiger partial charge in [0.1, 0.15) is 23.7 Å². The van der Waals surface area contributed by atoms with Crippen molar-refractivity contribution >= 4 is 34.9 Å². The predicted octanol–water partition coefficient (Wildman–Crippen LogP) is 6.46. The van der Waals surface area contributed by atoms with Gasteiger partial charge >= 0.3 is 12.2 Å². The van der Waals surface area contributed by atoms with Gasteiger partial charge in [-0.05, 0) is 48.1 Å². The number of benzene rings is 3. The molecule has 0 spiro atoms. The third kappa shape index (κ3) is 8.59. The van der Waals surface area contributed by atoms with Crippen molar-refractivity contribution in [3.63, 3.8) is 0 Å². The number of nitrogens with zero attached hydrogens (tertiary/aromatic N) is 5. The minimum Gasteiger partial charge on any atom is -0.453 e. The lowest BCUT2D eigenvalue weighted by Gasteiger charge is -2.29. The van der Waals surface area contributed by atoms with Gasteiger partial charge in [0.2, 0.25) is 5.91 Å². The number of aromatic amines is 2. The van der Waals surface area contributed by atoms with Crippen LogP contribution in [0, 0.1) is 5.92 Å². The highest BCUT2D eigenvalue weighted by atomic mass is 16.5. The van der Waals surface area contributed by atoms with E-state index in [1.807, 2.05) is 92.7 Å². The van der Waals surface area contributed by atoms with Gasteiger partial charge in [0.15, 0.2) is 0 Å². The summed E-state index contributed by atoms with van der Waals surface area (Å²) in [5, 5.41) is 16.9. The number of aliphatic hydroxyl groups is 1. The van der Waals surface area contributed by atoms with Crippen molar-refractivity contribution in [2.45, 2.75) is 63.4 Å². The van der Waals surface area contributed by atoms with Crippen molar-refractivity contribution in [3.8, 4) is 33.8 Å². The summed E-state index contributed by atoms with van der Waals surface area (Å²) in [4.78, 5) is 76.2. The van der Waals surface area contributed by atoms with Crippen LogP contribution in [-0.2, 0) is 19.1 Å². The molecule has 62 heavy (non-hydrogen) atoms. The fourth-order valence-corrected chi connectivity index (χ4v) is 8.36. The molecular formula is C46H49N9O7. The number of likely N-dealkylation sites (tertiary alicyclic amines) is 2. The molecule has 2 saturated heterocycles. The van der Waals surface area contributed by atoms with Gasteiger partial charge < -0.3 is 45.0 Å². The van der Waals surface area contributed by atoms with E-state index in [1.165, 1.54) is 14.2 Å². The maximum absolute atomic E-state index is 13.9. The average molecular weight is 840 g/mol. The van der Waals surface area contributed by atoms with Crippen LogP contribution in [0.25, 0.3) is 44.7 Å². The van der Waals surface area contributed by atoms with Gasteiger partial charge in [-0.2, -0.15) is 0 Å². The first-order valence-electron chi connectivity index (χ1n) is 20.7. The molecule has 2 fully saturated rings. The molecule has 5 atom stereocenters. The number of β-amino-alcohol motifs (C(OH)–C–C–N with tert-alkyl or cyclic N) is 1. The minimum atomic E-state index is -0.896. The largest absolute Gasteiger partial charge is 0.453 e. The summed E-state index contributed by atoms with van der Waals surface area (Å²) >= 11 is 0. The number of alkyl carbamates (subject to hydrolysis) is 2. The first-order valence-corrected chi connectivity index (χ1v) is 20.7. The van der Waals surface area contributed by atoms with Crippen molar-refractivity contribution in [3.05, 3.63) is 115 Å². The Bertz CT molecular complexity index is 2570. The van der Waals surface area contributed by atoms with Crippen molar-refractivity contribution in [1.29, 1.82) is 0 Å². The minimum absolute atomic E-state index is 0.128. The Labute approximate surface area is 358 Å². The molecule has 0 saturated carbocycles. The number of carbonyl (C=O) groups excluding carboxylic acids is 4. The third-order valence-corrected chi connectivity index (χ3v) is 11.6. The lowest BCUT2D eigenvalue weighted by molar-refractivity contribution is -0.136. The van der Waals surface area contributed by atoms with Crippen molar-refractivity contribution in [2.24, 2.45) is 5.92 Å². The standard InChI is InChI=1S/C46H49N9O7/c1-26(2)39(52-45(59)61-3)43(57)55-25-32(56)22-38(55)42-48-23-35(50-42)28-14-12-27(13-15-28)33-18-16-30-21-31(17-19-34(30)49-33)36-24-47-41(51-36)37-11-8-20-54(37)44(58)40(53-46(60)62-4)29-9-6-5-7-10-29/h5-7,9-10,12-19,21,23-24,26,32,37-40,56H,8,11,20,22,25H2,1-4H3,(H,47,51)(H,48,50)(H,52,59)(H,53,60)/t32-,37+,38+,39+,40-/m1/s1. The zero-order valence-electron chi connectivity index (χ0n) is 34.9. The van der Waals surface area contributed by atoms with E-state index in [0.717, 1.165) is 57.5 Å². The van der Waals surface area contributed by atoms with E-state index in [4.69, 9.17) is 19.4 Å². The van der Waals surface area contributed by atoms with Crippen LogP contribution < -0.4 is 10.6 Å². The lowest BCUT2D eigenvalue weighted by atomic mass is 10.0. The number of pyridine rings is 1. The molecule has 16 heteroatoms. The third-order valence-electron chi connectivity index (χ3n) is 11.6. The molecule has 8 rings (SSSR count). The predicted molar refractivity (Wildman–Crippen MR) is 230 cm³/mol. The number of rotatable bonds is 11. The molecule has 4 amide bonds. The summed E-state index contributed by atoms with van der Waals surface area (Å²) in [5.41, 5.74) is 6.62. The van der Waals surface area contributed by atoms with Gasteiger partial charge in [0.05, 0.1) is 67.4 Å². The first-order chi connectivity index (χ1) is 30.0. The van der Waals surface area contributed by atoms with Crippen LogP contribution in [0.2, 0.25) is 0 Å². The summed E-state index contributed by atoms with van der Waals surface area (Å²) in [6.07, 6.45) is 3.25. The number of aromatic nitrogens is 5. The Morgan fingerprint density at radius 1 is 0.758 bits per heavy atom. The average Bonchev–Trinajstić information content (AvgIpc) is 4.14. The molecule has 16 nitrogen and oxygen atoms in total. The Balaban J connectivity index is 0.949. The fraction of sp³-hybridized carbons (Fsp3) is 0.326. The number of imidazole rings is 2. The number of methoxy groups -OCH3 is 2. The second-order valence-electron chi connectivity index (χ2n) is 16.0. The number of H-pyrrole nitrogens is 2. The summed E-state index contributed by atoms with van der Waals surface area (Å²) in [6.45, 7) is 4.34. The van der Waals surface area contributed by atoms with Crippen LogP contribution in [0.15, 0.2) is 97.3 Å². The highest BCUT2D eigenvalue weighted by molar-refractivity contribution is 5.89. The number of hydrogen-bond donors (Lipinski definition) is 5. The molecule has 5 N–H and O–H groups in total. The van der Waals surface area contributed by atoms with Gasteiger partial charge in [-0.1, -0.05) is 80.6 Å². The van der Waals surface area contributed by atoms with Crippen LogP contribution in [-0.4, -0.2) is 103 Å². The van der Waals surface area contributed by atoms with Crippen LogP contribution in [0.1, 0.15) is 68.4 Å². The lowest BCUT2D eigenvalue weighted by Crippen LogP contribution is -2.51. The second kappa shape index (κ2) is 17.9. The Morgan fingerprint density at radius 3 is 2.10 bits per heavy atom. The molecule has 5 heterocycles. The number of hydrogen-bond acceptors (Lipinski definition) is 10. The fourth-order valence-electron chi connectivity index (χ4n) is 8.36. The van der Waals surface area contributed by atoms with E-state index in [1.54, 1.807) is 22.2 Å². The molecule has 2 aliphatic heterocycles. The van der Waals surface area contributed by atoms with E-state index in [-0.39, 0.29) is 30.3 Å². The molecule has 0 aliphatic carbocycles. The van der Waals surface area contributed by atoms with Crippen molar-refractivity contribution in [1.82, 2.24) is 45.4 Å². The highest BCUT2D eigenvalue weighted by Crippen LogP contribution is 2.36. The van der Waals surface area contributed by atoms with Crippen LogP contribution in [0.5, 0.6) is 0 Å². The number of ether oxygens (including phenoxy) is 2. The molecule has 0 unspecified atom stereocenters. The van der Waals surface area contributed by atoms with Crippen LogP contribution in [0.4, 0.5) is 9.59 Å². The van der Waals surface area contributed by atoms with Gasteiger partial charge in [-0.25, -0.2) is 24.5 Å². The van der Waals surface area contributed by atoms with E-state index >= 15 is 0 Å². The Hall–Kier alpha value is -7.07. The van der Waals surface area contributed by atoms with Gasteiger partial charge in [-0.15, -0.1) is 0 Å². The van der Waals surface area contributed by atoms with Gasteiger partial charge in [-0.3, -0.25) is 9.59 Å². The van der Waals surface area contributed by atoms with E-state index in [9.17, 15) is 24.3 Å². The smallest absolute Gasteiger partial charge is 0.407 e. The molecule has 2 aliphatic rings. The molecule has 3 aromatic carbocycles. The van der Waals surface area contributed by atoms with E-state index in [2.05, 4.69) is 31.7 Å². The second-order valence-corrected chi connectivity index (χ2v) is 16.0. The number of carbonyl (C=O) groups is 4. The summed E-state index contributed by atoms with van der Waals surface area (Å²) in [5.74, 6) is 0.490. The van der Waals surface area contributed by atoms with Crippen LogP contribution >= 0.6 is 0 Å². The number of nitrogens with one attached hydrogen (secondary N) is 4. The maximum atomic E-state index is 13.9. The quantitative estimate of drug-likeness (QED) is 0.0963. The molecule has 0 bridgehead atoms. The molecule has 6 aromatic rings. The Morgan fingerprint density at radius 2 is 1.40 bits per heavy atom. The van der Waals surface area contributed by atoms with E-state index < -0.39 is 36.4 Å². The first kappa shape index (κ1) is 41.7. The molecule has 3 aromatic heterocycles. The van der Waals surface area contributed by atoms with Crippen molar-refractivity contribution in [2.75, 3.05) is 27.3 Å². The summed E-state index contributed by atoms with van der Waals surface area (Å²) < 4.78 is 9.56. The highest BCUT2D eigenvalue weighted by Gasteiger charge is 2.41. The number of amides is 4. The topological polar surface area (TPSA) is 208 Å². The van der Waals surface area contributed by atoms with Crippen LogP contribution in [0.3, 0.4) is 0 Å². The Kier molecular flexibility index (Phi) is 12.0. The number of fused-ring (bicyclic) bond motifs is 1.